The summed E-state index contributed by atoms with van der Waals surface area (Å²) in [5, 5.41) is 14.5. The Morgan fingerprint density at radius 2 is 2.30 bits per heavy atom. The summed E-state index contributed by atoms with van der Waals surface area (Å²) in [6.07, 6.45) is 5.64. The highest BCUT2D eigenvalue weighted by molar-refractivity contribution is 8.12. The molecule has 3 aromatic rings. The third-order valence-electron chi connectivity index (χ3n) is 4.45. The van der Waals surface area contributed by atoms with Crippen LogP contribution in [0, 0.1) is 5.82 Å². The van der Waals surface area contributed by atoms with Crippen molar-refractivity contribution >= 4 is 28.8 Å². The summed E-state index contributed by atoms with van der Waals surface area (Å²) in [6, 6.07) is 6.17. The highest BCUT2D eigenvalue weighted by atomic mass is 32.2. The average Bonchev–Trinajstić information content (AvgIpc) is 3.48. The van der Waals surface area contributed by atoms with Gasteiger partial charge in [0.25, 0.3) is 5.24 Å². The predicted octanol–water partition coefficient (Wildman–Crippen LogP) is 2.05. The van der Waals surface area contributed by atoms with Crippen molar-refractivity contribution in [2.75, 3.05) is 24.2 Å². The first kappa shape index (κ1) is 19.9. The van der Waals surface area contributed by atoms with Crippen molar-refractivity contribution < 1.29 is 18.7 Å². The number of nitrogens with zero attached hydrogens (tertiary/aromatic N) is 6. The van der Waals surface area contributed by atoms with Crippen molar-refractivity contribution in [2.24, 2.45) is 0 Å². The van der Waals surface area contributed by atoms with E-state index in [0.29, 0.717) is 17.9 Å². The van der Waals surface area contributed by atoms with E-state index >= 15 is 0 Å². The predicted molar refractivity (Wildman–Crippen MR) is 107 cm³/mol. The number of ether oxygens (including phenoxy) is 1. The Morgan fingerprint density at radius 3 is 3.03 bits per heavy atom. The number of carbonyl (C=O) groups excluding carboxylic acids is 2. The van der Waals surface area contributed by atoms with Crippen LogP contribution in [0.1, 0.15) is 5.69 Å². The molecule has 0 spiro atoms. The number of thioether (sulfide) groups is 1. The van der Waals surface area contributed by atoms with E-state index in [2.05, 4.69) is 20.7 Å². The van der Waals surface area contributed by atoms with E-state index in [1.165, 1.54) is 21.7 Å². The van der Waals surface area contributed by atoms with Crippen LogP contribution in [0.15, 0.2) is 42.9 Å². The average molecular weight is 431 g/mol. The SMILES string of the molecule is CSC(=O)NCC1CN(c2ccc(-n3cc(Cn4cccn4)nn3)c(F)c2)C(=O)O1. The van der Waals surface area contributed by atoms with E-state index in [0.717, 1.165) is 11.8 Å². The first-order chi connectivity index (χ1) is 14.5. The Hall–Kier alpha value is -3.41. The highest BCUT2D eigenvalue weighted by Gasteiger charge is 2.33. The van der Waals surface area contributed by atoms with Crippen LogP contribution in [0.2, 0.25) is 0 Å². The number of aromatic nitrogens is 5. The number of benzene rings is 1. The monoisotopic (exact) mass is 431 g/mol. The van der Waals surface area contributed by atoms with Crippen molar-refractivity contribution in [3.8, 4) is 5.69 Å². The lowest BCUT2D eigenvalue weighted by molar-refractivity contribution is 0.141. The van der Waals surface area contributed by atoms with Gasteiger partial charge in [0, 0.05) is 12.4 Å². The third-order valence-corrected chi connectivity index (χ3v) is 4.96. The number of anilines is 1. The number of hydrogen-bond donors (Lipinski definition) is 1. The summed E-state index contributed by atoms with van der Waals surface area (Å²) in [5.41, 5.74) is 1.19. The minimum atomic E-state index is -0.590. The molecule has 0 saturated carbocycles. The topological polar surface area (TPSA) is 107 Å². The smallest absolute Gasteiger partial charge is 0.414 e. The maximum atomic E-state index is 14.8. The fourth-order valence-corrected chi connectivity index (χ4v) is 3.23. The number of rotatable bonds is 6. The van der Waals surface area contributed by atoms with Crippen LogP contribution in [0.4, 0.5) is 19.7 Å². The van der Waals surface area contributed by atoms with Gasteiger partial charge in [-0.3, -0.25) is 14.4 Å². The zero-order valence-corrected chi connectivity index (χ0v) is 16.8. The molecule has 4 rings (SSSR count). The van der Waals surface area contributed by atoms with Crippen molar-refractivity contribution in [1.29, 1.82) is 0 Å². The Labute approximate surface area is 175 Å². The molecule has 0 bridgehead atoms. The number of carbonyl (C=O) groups is 2. The quantitative estimate of drug-likeness (QED) is 0.636. The molecule has 1 aliphatic rings. The van der Waals surface area contributed by atoms with E-state index in [1.54, 1.807) is 41.7 Å². The third kappa shape index (κ3) is 4.27. The van der Waals surface area contributed by atoms with Crippen LogP contribution in [0.3, 0.4) is 0 Å². The summed E-state index contributed by atoms with van der Waals surface area (Å²) in [5.74, 6) is -0.560. The molecule has 0 radical (unpaired) electrons. The molecule has 12 heteroatoms. The Bertz CT molecular complexity index is 1060. The van der Waals surface area contributed by atoms with Crippen LogP contribution in [0.25, 0.3) is 5.69 Å². The molecular formula is C18H18FN7O3S. The number of amides is 2. The molecule has 2 amide bonds. The van der Waals surface area contributed by atoms with E-state index in [4.69, 9.17) is 4.74 Å². The molecule has 30 heavy (non-hydrogen) atoms. The summed E-state index contributed by atoms with van der Waals surface area (Å²) in [4.78, 5) is 24.8. The van der Waals surface area contributed by atoms with Gasteiger partial charge < -0.3 is 10.1 Å². The van der Waals surface area contributed by atoms with Gasteiger partial charge >= 0.3 is 6.09 Å². The van der Waals surface area contributed by atoms with Gasteiger partial charge in [0.05, 0.1) is 31.5 Å². The minimum absolute atomic E-state index is 0.195. The van der Waals surface area contributed by atoms with Gasteiger partial charge in [0.1, 0.15) is 17.5 Å². The molecule has 2 aromatic heterocycles. The molecule has 1 atom stereocenters. The second kappa shape index (κ2) is 8.53. The van der Waals surface area contributed by atoms with E-state index < -0.39 is 18.0 Å². The second-order valence-electron chi connectivity index (χ2n) is 6.48. The van der Waals surface area contributed by atoms with Gasteiger partial charge in [-0.1, -0.05) is 17.0 Å². The molecule has 1 unspecified atom stereocenters. The van der Waals surface area contributed by atoms with Gasteiger partial charge in [-0.05, 0) is 30.5 Å². The van der Waals surface area contributed by atoms with Gasteiger partial charge in [-0.25, -0.2) is 13.9 Å². The second-order valence-corrected chi connectivity index (χ2v) is 7.26. The van der Waals surface area contributed by atoms with Gasteiger partial charge in [0.2, 0.25) is 0 Å². The molecule has 3 heterocycles. The van der Waals surface area contributed by atoms with Crippen LogP contribution in [-0.4, -0.2) is 61.6 Å². The van der Waals surface area contributed by atoms with E-state index in [-0.39, 0.29) is 24.0 Å². The van der Waals surface area contributed by atoms with E-state index in [9.17, 15) is 14.0 Å². The largest absolute Gasteiger partial charge is 0.442 e. The standard InChI is InChI=1S/C18H18FN7O3S/c1-30-17(27)20-8-14-11-25(18(28)29-14)13-3-4-16(15(19)7-13)26-10-12(22-23-26)9-24-6-2-5-21-24/h2-7,10,14H,8-9,11H2,1H3,(H,20,27). The zero-order valence-electron chi connectivity index (χ0n) is 15.9. The first-order valence-electron chi connectivity index (χ1n) is 9.02. The number of hydrogen-bond acceptors (Lipinski definition) is 7. The summed E-state index contributed by atoms with van der Waals surface area (Å²) in [6.45, 7) is 0.824. The molecule has 156 valence electrons. The lowest BCUT2D eigenvalue weighted by Gasteiger charge is -2.14. The molecule has 10 nitrogen and oxygen atoms in total. The normalized spacial score (nSPS) is 16.0. The fraction of sp³-hybridized carbons (Fsp3) is 0.278. The lowest BCUT2D eigenvalue weighted by atomic mass is 10.2. The van der Waals surface area contributed by atoms with Crippen LogP contribution >= 0.6 is 11.8 Å². The molecule has 1 fully saturated rings. The number of nitrogens with one attached hydrogen (secondary N) is 1. The highest BCUT2D eigenvalue weighted by Crippen LogP contribution is 2.25. The molecule has 1 aliphatic heterocycles. The van der Waals surface area contributed by atoms with Gasteiger partial charge in [-0.2, -0.15) is 5.10 Å². The van der Waals surface area contributed by atoms with Crippen molar-refractivity contribution in [2.45, 2.75) is 12.6 Å². The van der Waals surface area contributed by atoms with Gasteiger partial charge in [0.15, 0.2) is 5.82 Å². The maximum absolute atomic E-state index is 14.8. The summed E-state index contributed by atoms with van der Waals surface area (Å²) >= 11 is 1.04. The zero-order chi connectivity index (χ0) is 21.1. The summed E-state index contributed by atoms with van der Waals surface area (Å²) < 4.78 is 23.0. The Balaban J connectivity index is 1.45. The molecule has 1 N–H and O–H groups in total. The number of cyclic esters (lactones) is 1. The molecular weight excluding hydrogens is 413 g/mol. The lowest BCUT2D eigenvalue weighted by Crippen LogP contribution is -2.32. The molecule has 0 aliphatic carbocycles. The van der Waals surface area contributed by atoms with Crippen molar-refractivity contribution in [3.63, 3.8) is 0 Å². The molecule has 1 aromatic carbocycles. The fourth-order valence-electron chi connectivity index (χ4n) is 3.01. The Morgan fingerprint density at radius 1 is 1.43 bits per heavy atom. The minimum Gasteiger partial charge on any atom is -0.442 e. The first-order valence-corrected chi connectivity index (χ1v) is 10.2. The van der Waals surface area contributed by atoms with Gasteiger partial charge in [-0.15, -0.1) is 5.10 Å². The van der Waals surface area contributed by atoms with Crippen molar-refractivity contribution in [3.05, 3.63) is 54.4 Å². The van der Waals surface area contributed by atoms with Crippen LogP contribution in [-0.2, 0) is 11.3 Å². The van der Waals surface area contributed by atoms with Crippen molar-refractivity contribution in [1.82, 2.24) is 30.1 Å². The van der Waals surface area contributed by atoms with E-state index in [1.807, 2.05) is 0 Å². The van der Waals surface area contributed by atoms with Crippen LogP contribution < -0.4 is 10.2 Å². The Kier molecular flexibility index (Phi) is 5.65. The number of halogens is 1. The summed E-state index contributed by atoms with van der Waals surface area (Å²) in [7, 11) is 0. The molecule has 1 saturated heterocycles. The van der Waals surface area contributed by atoms with Crippen LogP contribution in [0.5, 0.6) is 0 Å². The maximum Gasteiger partial charge on any atom is 0.414 e.